The van der Waals surface area contributed by atoms with Crippen molar-refractivity contribution in [3.8, 4) is 0 Å². The van der Waals surface area contributed by atoms with E-state index in [1.807, 2.05) is 12.2 Å². The fourth-order valence-electron chi connectivity index (χ4n) is 4.29. The number of aromatic amines is 1. The van der Waals surface area contributed by atoms with Crippen molar-refractivity contribution in [1.82, 2.24) is 15.6 Å². The standard InChI is InChI=1S/C20H26N4O2/c21-13-4-1-2-5-14(13)24-18(26)10-12-8-9-22-11-16-19(12)20-15(23-16)6-3-7-17(20)25/h3,6,10,13-14,22-23H,1-2,4-5,7-9,11,21H2,(H,24,26). The summed E-state index contributed by atoms with van der Waals surface area (Å²) in [6, 6.07) is 0.0744. The maximum absolute atomic E-state index is 12.6. The number of H-pyrrole nitrogens is 1. The van der Waals surface area contributed by atoms with Crippen LogP contribution in [0.4, 0.5) is 0 Å². The van der Waals surface area contributed by atoms with Gasteiger partial charge in [-0.05, 0) is 37.5 Å². The monoisotopic (exact) mass is 354 g/mol. The van der Waals surface area contributed by atoms with E-state index >= 15 is 0 Å². The van der Waals surface area contributed by atoms with Gasteiger partial charge in [0.15, 0.2) is 5.78 Å². The summed E-state index contributed by atoms with van der Waals surface area (Å²) in [6.07, 6.45) is 10.8. The number of fused-ring (bicyclic) bond motifs is 3. The first kappa shape index (κ1) is 17.2. The molecule has 3 aliphatic rings. The zero-order valence-corrected chi connectivity index (χ0v) is 14.9. The lowest BCUT2D eigenvalue weighted by Gasteiger charge is -2.29. The molecule has 1 aromatic rings. The van der Waals surface area contributed by atoms with Gasteiger partial charge in [-0.25, -0.2) is 0 Å². The Morgan fingerprint density at radius 1 is 1.27 bits per heavy atom. The molecule has 2 heterocycles. The molecule has 6 heteroatoms. The Balaban J connectivity index is 1.64. The van der Waals surface area contributed by atoms with Crippen LogP contribution in [0.3, 0.4) is 0 Å². The van der Waals surface area contributed by atoms with E-state index < -0.39 is 0 Å². The van der Waals surface area contributed by atoms with E-state index in [4.69, 9.17) is 5.73 Å². The van der Waals surface area contributed by atoms with Crippen LogP contribution in [-0.2, 0) is 11.3 Å². The number of carbonyl (C=O) groups is 2. The SMILES string of the molecule is NC1CCCCC1NC(=O)C=C1CCNCc2[nH]c3c(c21)C(=O)CC=C3. The molecule has 2 unspecified atom stereocenters. The van der Waals surface area contributed by atoms with Crippen LogP contribution in [0.1, 0.15) is 65.8 Å². The Morgan fingerprint density at radius 2 is 2.12 bits per heavy atom. The van der Waals surface area contributed by atoms with Gasteiger partial charge in [0.2, 0.25) is 5.91 Å². The van der Waals surface area contributed by atoms with E-state index in [1.165, 1.54) is 0 Å². The smallest absolute Gasteiger partial charge is 0.244 e. The quantitative estimate of drug-likeness (QED) is 0.609. The zero-order chi connectivity index (χ0) is 18.1. The lowest BCUT2D eigenvalue weighted by molar-refractivity contribution is -0.117. The van der Waals surface area contributed by atoms with Crippen molar-refractivity contribution in [2.24, 2.45) is 5.73 Å². The second kappa shape index (κ2) is 7.21. The fraction of sp³-hybridized carbons (Fsp3) is 0.500. The molecule has 0 saturated heterocycles. The third kappa shape index (κ3) is 3.27. The molecule has 1 fully saturated rings. The second-order valence-electron chi connectivity index (χ2n) is 7.46. The van der Waals surface area contributed by atoms with Crippen LogP contribution in [0.2, 0.25) is 0 Å². The maximum atomic E-state index is 12.6. The van der Waals surface area contributed by atoms with Crippen molar-refractivity contribution in [1.29, 1.82) is 0 Å². The molecule has 4 rings (SSSR count). The van der Waals surface area contributed by atoms with Gasteiger partial charge in [-0.1, -0.05) is 18.9 Å². The summed E-state index contributed by atoms with van der Waals surface area (Å²) in [5, 5.41) is 6.44. The second-order valence-corrected chi connectivity index (χ2v) is 7.46. The fourth-order valence-corrected chi connectivity index (χ4v) is 4.29. The van der Waals surface area contributed by atoms with Gasteiger partial charge in [-0.2, -0.15) is 0 Å². The van der Waals surface area contributed by atoms with Crippen LogP contribution in [0, 0.1) is 0 Å². The maximum Gasteiger partial charge on any atom is 0.244 e. The van der Waals surface area contributed by atoms with Crippen molar-refractivity contribution in [3.05, 3.63) is 34.7 Å². The van der Waals surface area contributed by atoms with Crippen molar-refractivity contribution >= 4 is 23.3 Å². The molecule has 1 amide bonds. The molecule has 0 aromatic carbocycles. The van der Waals surface area contributed by atoms with Crippen molar-refractivity contribution in [2.75, 3.05) is 6.54 Å². The van der Waals surface area contributed by atoms with Gasteiger partial charge in [-0.3, -0.25) is 9.59 Å². The topological polar surface area (TPSA) is 100 Å². The Bertz CT molecular complexity index is 790. The van der Waals surface area contributed by atoms with Crippen LogP contribution in [0.15, 0.2) is 12.2 Å². The van der Waals surface area contributed by atoms with Gasteiger partial charge in [0.05, 0.1) is 5.56 Å². The number of rotatable bonds is 2. The average Bonchev–Trinajstić information content (AvgIpc) is 2.89. The summed E-state index contributed by atoms with van der Waals surface area (Å²) in [5.41, 5.74) is 10.6. The molecule has 0 spiro atoms. The van der Waals surface area contributed by atoms with Crippen molar-refractivity contribution in [3.63, 3.8) is 0 Å². The number of Topliss-reactive ketones (excluding diaryl/α,β-unsaturated/α-hetero) is 1. The molecular weight excluding hydrogens is 328 g/mol. The number of aromatic nitrogens is 1. The number of hydrogen-bond acceptors (Lipinski definition) is 4. The number of amides is 1. The summed E-state index contributed by atoms with van der Waals surface area (Å²) in [6.45, 7) is 1.46. The van der Waals surface area contributed by atoms with Gasteiger partial charge < -0.3 is 21.4 Å². The third-order valence-electron chi connectivity index (χ3n) is 5.62. The summed E-state index contributed by atoms with van der Waals surface area (Å²) < 4.78 is 0. The Morgan fingerprint density at radius 3 is 2.96 bits per heavy atom. The van der Waals surface area contributed by atoms with Gasteiger partial charge in [0.1, 0.15) is 0 Å². The molecule has 2 atom stereocenters. The minimum absolute atomic E-state index is 0.0317. The molecular formula is C20H26N4O2. The number of ketones is 1. The normalized spacial score (nSPS) is 27.0. The van der Waals surface area contributed by atoms with Gasteiger partial charge >= 0.3 is 0 Å². The molecule has 0 radical (unpaired) electrons. The van der Waals surface area contributed by atoms with Crippen LogP contribution in [0.5, 0.6) is 0 Å². The number of nitrogens with one attached hydrogen (secondary N) is 3. The third-order valence-corrected chi connectivity index (χ3v) is 5.62. The van der Waals surface area contributed by atoms with E-state index in [2.05, 4.69) is 15.6 Å². The predicted octanol–water partition coefficient (Wildman–Crippen LogP) is 1.88. The van der Waals surface area contributed by atoms with Crippen LogP contribution >= 0.6 is 0 Å². The number of carbonyl (C=O) groups excluding carboxylic acids is 2. The Labute approximate surface area is 153 Å². The lowest BCUT2D eigenvalue weighted by Crippen LogP contribution is -2.48. The van der Waals surface area contributed by atoms with Gasteiger partial charge in [0, 0.05) is 48.1 Å². The van der Waals surface area contributed by atoms with E-state index in [9.17, 15) is 9.59 Å². The van der Waals surface area contributed by atoms with E-state index in [1.54, 1.807) is 6.08 Å². The summed E-state index contributed by atoms with van der Waals surface area (Å²) in [5.74, 6) is 0.00598. The van der Waals surface area contributed by atoms with E-state index in [-0.39, 0.29) is 23.8 Å². The summed E-state index contributed by atoms with van der Waals surface area (Å²) in [4.78, 5) is 28.5. The number of allylic oxidation sites excluding steroid dienone is 1. The Hall–Kier alpha value is -2.18. The number of hydrogen-bond donors (Lipinski definition) is 4. The van der Waals surface area contributed by atoms with Gasteiger partial charge in [0.25, 0.3) is 0 Å². The molecule has 1 aliphatic heterocycles. The highest BCUT2D eigenvalue weighted by Gasteiger charge is 2.28. The summed E-state index contributed by atoms with van der Waals surface area (Å²) in [7, 11) is 0. The predicted molar refractivity (Wildman–Crippen MR) is 101 cm³/mol. The first-order chi connectivity index (χ1) is 12.6. The molecule has 5 N–H and O–H groups in total. The first-order valence-corrected chi connectivity index (χ1v) is 9.56. The largest absolute Gasteiger partial charge is 0.357 e. The first-order valence-electron chi connectivity index (χ1n) is 9.56. The van der Waals surface area contributed by atoms with E-state index in [0.717, 1.165) is 66.7 Å². The molecule has 1 saturated carbocycles. The van der Waals surface area contributed by atoms with Crippen LogP contribution in [-0.4, -0.2) is 35.3 Å². The Kier molecular flexibility index (Phi) is 4.78. The van der Waals surface area contributed by atoms with Crippen LogP contribution in [0.25, 0.3) is 11.6 Å². The van der Waals surface area contributed by atoms with Crippen LogP contribution < -0.4 is 16.4 Å². The van der Waals surface area contributed by atoms with Crippen molar-refractivity contribution in [2.45, 2.75) is 57.2 Å². The molecule has 26 heavy (non-hydrogen) atoms. The van der Waals surface area contributed by atoms with E-state index in [0.29, 0.717) is 13.0 Å². The highest BCUT2D eigenvalue weighted by molar-refractivity contribution is 6.08. The highest BCUT2D eigenvalue weighted by Crippen LogP contribution is 2.34. The summed E-state index contributed by atoms with van der Waals surface area (Å²) >= 11 is 0. The van der Waals surface area contributed by atoms with Crippen molar-refractivity contribution < 1.29 is 9.59 Å². The minimum atomic E-state index is -0.107. The molecule has 0 bridgehead atoms. The minimum Gasteiger partial charge on any atom is -0.357 e. The lowest BCUT2D eigenvalue weighted by atomic mass is 9.90. The molecule has 6 nitrogen and oxygen atoms in total. The highest BCUT2D eigenvalue weighted by atomic mass is 16.1. The average molecular weight is 354 g/mol. The molecule has 1 aromatic heterocycles. The zero-order valence-electron chi connectivity index (χ0n) is 14.9. The molecule has 2 aliphatic carbocycles. The van der Waals surface area contributed by atoms with Gasteiger partial charge in [-0.15, -0.1) is 0 Å². The molecule has 138 valence electrons. The number of nitrogens with two attached hydrogens (primary N) is 1.